The molecule has 1 saturated heterocycles. The highest BCUT2D eigenvalue weighted by Crippen LogP contribution is 2.18. The van der Waals surface area contributed by atoms with Gasteiger partial charge in [0.25, 0.3) is 0 Å². The van der Waals surface area contributed by atoms with Crippen LogP contribution in [0.25, 0.3) is 0 Å². The van der Waals surface area contributed by atoms with Crippen molar-refractivity contribution in [1.82, 2.24) is 19.4 Å². The number of imidazole rings is 1. The molecule has 2 heterocycles. The Morgan fingerprint density at radius 1 is 1.17 bits per heavy atom. The number of benzene rings is 1. The zero-order chi connectivity index (χ0) is 16.8. The lowest BCUT2D eigenvalue weighted by atomic mass is 10.1. The summed E-state index contributed by atoms with van der Waals surface area (Å²) < 4.78 is 2.21. The molecule has 1 aliphatic rings. The molecule has 24 heavy (non-hydrogen) atoms. The average Bonchev–Trinajstić information content (AvgIpc) is 3.05. The number of aliphatic hydroxyl groups is 1. The molecule has 1 aromatic heterocycles. The van der Waals surface area contributed by atoms with Gasteiger partial charge in [0, 0.05) is 57.8 Å². The van der Waals surface area contributed by atoms with E-state index in [4.69, 9.17) is 0 Å². The highest BCUT2D eigenvalue weighted by Gasteiger charge is 2.27. The number of aromatic nitrogens is 2. The van der Waals surface area contributed by atoms with Crippen molar-refractivity contribution in [1.29, 1.82) is 0 Å². The van der Waals surface area contributed by atoms with E-state index in [2.05, 4.69) is 56.6 Å². The summed E-state index contributed by atoms with van der Waals surface area (Å²) in [5, 5.41) is 9.47. The van der Waals surface area contributed by atoms with E-state index in [0.29, 0.717) is 6.04 Å². The van der Waals surface area contributed by atoms with Crippen LogP contribution in [0.2, 0.25) is 0 Å². The number of rotatable bonds is 7. The van der Waals surface area contributed by atoms with Crippen molar-refractivity contribution in [2.75, 3.05) is 26.2 Å². The van der Waals surface area contributed by atoms with Gasteiger partial charge in [0.15, 0.2) is 0 Å². The van der Waals surface area contributed by atoms with Crippen LogP contribution in [0.3, 0.4) is 0 Å². The second kappa shape index (κ2) is 8.42. The minimum absolute atomic E-state index is 0.243. The van der Waals surface area contributed by atoms with Gasteiger partial charge >= 0.3 is 0 Å². The van der Waals surface area contributed by atoms with Crippen LogP contribution in [0.5, 0.6) is 0 Å². The van der Waals surface area contributed by atoms with E-state index < -0.39 is 0 Å². The lowest BCUT2D eigenvalue weighted by Crippen LogP contribution is -2.52. The molecule has 1 aromatic carbocycles. The first-order valence-corrected chi connectivity index (χ1v) is 8.91. The molecule has 5 heteroatoms. The van der Waals surface area contributed by atoms with Gasteiger partial charge in [0.05, 0.1) is 6.54 Å². The maximum atomic E-state index is 9.47. The van der Waals surface area contributed by atoms with Crippen LogP contribution in [-0.2, 0) is 19.6 Å². The molecule has 0 amide bonds. The van der Waals surface area contributed by atoms with Gasteiger partial charge in [-0.25, -0.2) is 4.98 Å². The molecule has 0 radical (unpaired) electrons. The molecule has 1 aliphatic heterocycles. The molecule has 0 unspecified atom stereocenters. The zero-order valence-electron chi connectivity index (χ0n) is 14.5. The van der Waals surface area contributed by atoms with E-state index in [1.54, 1.807) is 0 Å². The summed E-state index contributed by atoms with van der Waals surface area (Å²) >= 11 is 0. The molecule has 130 valence electrons. The Bertz CT molecular complexity index is 613. The molecule has 0 spiro atoms. The zero-order valence-corrected chi connectivity index (χ0v) is 14.5. The Labute approximate surface area is 144 Å². The average molecular weight is 328 g/mol. The molecule has 1 atom stereocenters. The minimum atomic E-state index is 0.243. The Hall–Kier alpha value is -1.69. The van der Waals surface area contributed by atoms with Gasteiger partial charge in [-0.3, -0.25) is 9.80 Å². The summed E-state index contributed by atoms with van der Waals surface area (Å²) in [5.41, 5.74) is 1.34. The van der Waals surface area contributed by atoms with Gasteiger partial charge in [0.2, 0.25) is 0 Å². The van der Waals surface area contributed by atoms with Crippen LogP contribution < -0.4 is 0 Å². The molecule has 5 nitrogen and oxygen atoms in total. The lowest BCUT2D eigenvalue weighted by molar-refractivity contribution is 0.0483. The number of hydrogen-bond acceptors (Lipinski definition) is 4. The fourth-order valence-corrected chi connectivity index (χ4v) is 3.53. The van der Waals surface area contributed by atoms with Gasteiger partial charge in [-0.1, -0.05) is 30.3 Å². The standard InChI is InChI=1S/C19H28N4O/c1-2-22-10-9-20-19(22)16-21-11-12-23(18(15-21)8-13-24)14-17-6-4-3-5-7-17/h3-7,9-10,18,24H,2,8,11-16H2,1H3/t18-/m0/s1. The first kappa shape index (κ1) is 17.1. The Morgan fingerprint density at radius 2 is 2.00 bits per heavy atom. The van der Waals surface area contributed by atoms with Gasteiger partial charge in [0.1, 0.15) is 5.82 Å². The first-order chi connectivity index (χ1) is 11.8. The molecule has 1 N–H and O–H groups in total. The summed E-state index contributed by atoms with van der Waals surface area (Å²) in [7, 11) is 0. The van der Waals surface area contributed by atoms with E-state index >= 15 is 0 Å². The van der Waals surface area contributed by atoms with Crippen LogP contribution in [0, 0.1) is 0 Å². The minimum Gasteiger partial charge on any atom is -0.396 e. The van der Waals surface area contributed by atoms with Crippen molar-refractivity contribution < 1.29 is 5.11 Å². The largest absolute Gasteiger partial charge is 0.396 e. The highest BCUT2D eigenvalue weighted by molar-refractivity contribution is 5.14. The van der Waals surface area contributed by atoms with Crippen molar-refractivity contribution in [3.8, 4) is 0 Å². The lowest BCUT2D eigenvalue weighted by Gasteiger charge is -2.41. The van der Waals surface area contributed by atoms with Crippen LogP contribution in [-0.4, -0.2) is 56.7 Å². The Balaban J connectivity index is 1.62. The number of piperazine rings is 1. The van der Waals surface area contributed by atoms with Crippen LogP contribution in [0.4, 0.5) is 0 Å². The van der Waals surface area contributed by atoms with E-state index in [0.717, 1.165) is 51.5 Å². The SMILES string of the molecule is CCn1ccnc1CN1CCN(Cc2ccccc2)[C@@H](CCO)C1. The maximum Gasteiger partial charge on any atom is 0.122 e. The van der Waals surface area contributed by atoms with Crippen LogP contribution in [0.15, 0.2) is 42.7 Å². The van der Waals surface area contributed by atoms with E-state index in [9.17, 15) is 5.11 Å². The third kappa shape index (κ3) is 4.23. The van der Waals surface area contributed by atoms with Crippen LogP contribution in [0.1, 0.15) is 24.7 Å². The second-order valence-corrected chi connectivity index (χ2v) is 6.49. The van der Waals surface area contributed by atoms with Gasteiger partial charge < -0.3 is 9.67 Å². The Kier molecular flexibility index (Phi) is 6.01. The summed E-state index contributed by atoms with van der Waals surface area (Å²) in [6, 6.07) is 11.0. The number of nitrogens with zero attached hydrogens (tertiary/aromatic N) is 4. The maximum absolute atomic E-state index is 9.47. The third-order valence-electron chi connectivity index (χ3n) is 4.89. The van der Waals surface area contributed by atoms with Gasteiger partial charge in [-0.2, -0.15) is 0 Å². The topological polar surface area (TPSA) is 44.5 Å². The van der Waals surface area contributed by atoms with E-state index in [-0.39, 0.29) is 6.61 Å². The predicted octanol–water partition coefficient (Wildman–Crippen LogP) is 1.97. The summed E-state index contributed by atoms with van der Waals surface area (Å²) in [5.74, 6) is 1.14. The Morgan fingerprint density at radius 3 is 2.75 bits per heavy atom. The van der Waals surface area contributed by atoms with Crippen molar-refractivity contribution in [2.45, 2.75) is 39.0 Å². The number of aryl methyl sites for hydroxylation is 1. The highest BCUT2D eigenvalue weighted by atomic mass is 16.3. The molecule has 0 aliphatic carbocycles. The van der Waals surface area contributed by atoms with Crippen molar-refractivity contribution in [3.63, 3.8) is 0 Å². The van der Waals surface area contributed by atoms with Crippen molar-refractivity contribution >= 4 is 0 Å². The van der Waals surface area contributed by atoms with E-state index in [1.165, 1.54) is 5.56 Å². The number of hydrogen-bond donors (Lipinski definition) is 1. The smallest absolute Gasteiger partial charge is 0.122 e. The molecular weight excluding hydrogens is 300 g/mol. The van der Waals surface area contributed by atoms with E-state index in [1.807, 2.05) is 12.4 Å². The van der Waals surface area contributed by atoms with Gasteiger partial charge in [-0.15, -0.1) is 0 Å². The normalized spacial score (nSPS) is 19.7. The van der Waals surface area contributed by atoms with Crippen molar-refractivity contribution in [2.24, 2.45) is 0 Å². The quantitative estimate of drug-likeness (QED) is 0.844. The molecule has 0 saturated carbocycles. The molecule has 0 bridgehead atoms. The summed E-state index contributed by atoms with van der Waals surface area (Å²) in [4.78, 5) is 9.47. The monoisotopic (exact) mass is 328 g/mol. The fraction of sp³-hybridized carbons (Fsp3) is 0.526. The summed E-state index contributed by atoms with van der Waals surface area (Å²) in [6.45, 7) is 8.28. The molecule has 1 fully saturated rings. The second-order valence-electron chi connectivity index (χ2n) is 6.49. The third-order valence-corrected chi connectivity index (χ3v) is 4.89. The predicted molar refractivity (Wildman–Crippen MR) is 95.5 cm³/mol. The van der Waals surface area contributed by atoms with Crippen molar-refractivity contribution in [3.05, 3.63) is 54.1 Å². The fourth-order valence-electron chi connectivity index (χ4n) is 3.53. The first-order valence-electron chi connectivity index (χ1n) is 8.91. The van der Waals surface area contributed by atoms with Gasteiger partial charge in [-0.05, 0) is 18.9 Å². The number of aliphatic hydroxyl groups excluding tert-OH is 1. The molecule has 3 rings (SSSR count). The van der Waals surface area contributed by atoms with Crippen LogP contribution >= 0.6 is 0 Å². The summed E-state index contributed by atoms with van der Waals surface area (Å²) in [6.07, 6.45) is 4.76. The molecular formula is C19H28N4O. The molecule has 2 aromatic rings.